The van der Waals surface area contributed by atoms with Crippen molar-refractivity contribution in [3.63, 3.8) is 0 Å². The summed E-state index contributed by atoms with van der Waals surface area (Å²) in [5, 5.41) is 4.03. The second kappa shape index (κ2) is 14.9. The number of benzene rings is 1. The van der Waals surface area contributed by atoms with Gasteiger partial charge in [0, 0.05) is 6.42 Å². The van der Waals surface area contributed by atoms with Gasteiger partial charge in [-0.05, 0) is 30.2 Å². The van der Waals surface area contributed by atoms with E-state index in [0.717, 1.165) is 24.2 Å². The van der Waals surface area contributed by atoms with Crippen LogP contribution in [0.4, 0.5) is 0 Å². The maximum Gasteiger partial charge on any atom is 0.240 e. The number of carbonyl (C=O) groups is 1. The summed E-state index contributed by atoms with van der Waals surface area (Å²) < 4.78 is 10.6. The number of amides is 1. The van der Waals surface area contributed by atoms with E-state index >= 15 is 0 Å². The lowest BCUT2D eigenvalue weighted by molar-refractivity contribution is -0.121. The third kappa shape index (κ3) is 10.3. The molecule has 1 heterocycles. The molecule has 1 aromatic rings. The maximum atomic E-state index is 11.9. The zero-order valence-electron chi connectivity index (χ0n) is 18.1. The Balaban J connectivity index is 1.39. The zero-order chi connectivity index (χ0) is 20.6. The molecule has 0 unspecified atom stereocenters. The van der Waals surface area contributed by atoms with Crippen LogP contribution in [0.5, 0.6) is 11.5 Å². The van der Waals surface area contributed by atoms with Gasteiger partial charge in [0.15, 0.2) is 11.5 Å². The molecule has 0 atom stereocenters. The lowest BCUT2D eigenvalue weighted by atomic mass is 10.0. The van der Waals surface area contributed by atoms with Gasteiger partial charge in [-0.1, -0.05) is 84.0 Å². The van der Waals surface area contributed by atoms with Gasteiger partial charge < -0.3 is 9.47 Å². The topological polar surface area (TPSA) is 59.9 Å². The van der Waals surface area contributed by atoms with E-state index in [0.29, 0.717) is 12.2 Å². The number of hydrazone groups is 1. The normalized spacial score (nSPS) is 12.6. The second-order valence-electron chi connectivity index (χ2n) is 7.90. The Hall–Kier alpha value is -2.04. The largest absolute Gasteiger partial charge is 0.454 e. The van der Waals surface area contributed by atoms with E-state index in [2.05, 4.69) is 17.5 Å². The number of hydrogen-bond donors (Lipinski definition) is 1. The van der Waals surface area contributed by atoms with Crippen LogP contribution in [-0.4, -0.2) is 18.9 Å². The van der Waals surface area contributed by atoms with Crippen LogP contribution < -0.4 is 14.9 Å². The number of nitrogens with zero attached hydrogens (tertiary/aromatic N) is 1. The molecule has 5 nitrogen and oxygen atoms in total. The number of unbranched alkanes of at least 4 members (excludes halogenated alkanes) is 12. The van der Waals surface area contributed by atoms with Gasteiger partial charge in [0.1, 0.15) is 0 Å². The van der Waals surface area contributed by atoms with Crippen LogP contribution in [0.25, 0.3) is 0 Å². The molecule has 2 rings (SSSR count). The summed E-state index contributed by atoms with van der Waals surface area (Å²) in [5.41, 5.74) is 3.47. The zero-order valence-corrected chi connectivity index (χ0v) is 18.1. The molecular formula is C24H38N2O3. The molecule has 0 aliphatic carbocycles. The van der Waals surface area contributed by atoms with Crippen molar-refractivity contribution in [3.05, 3.63) is 23.8 Å². The van der Waals surface area contributed by atoms with E-state index in [1.807, 2.05) is 18.2 Å². The van der Waals surface area contributed by atoms with Crippen molar-refractivity contribution in [3.8, 4) is 11.5 Å². The van der Waals surface area contributed by atoms with Crippen LogP contribution in [0, 0.1) is 0 Å². The van der Waals surface area contributed by atoms with Gasteiger partial charge in [-0.25, -0.2) is 5.43 Å². The lowest BCUT2D eigenvalue weighted by Gasteiger charge is -2.03. The average molecular weight is 403 g/mol. The average Bonchev–Trinajstić information content (AvgIpc) is 3.19. The van der Waals surface area contributed by atoms with Crippen LogP contribution in [0.15, 0.2) is 23.3 Å². The minimum absolute atomic E-state index is 0.0231. The molecular weight excluding hydrogens is 364 g/mol. The minimum atomic E-state index is -0.0231. The van der Waals surface area contributed by atoms with E-state index in [1.54, 1.807) is 6.21 Å². The van der Waals surface area contributed by atoms with E-state index in [9.17, 15) is 4.79 Å². The Morgan fingerprint density at radius 2 is 1.48 bits per heavy atom. The Bertz CT molecular complexity index is 616. The van der Waals surface area contributed by atoms with Gasteiger partial charge in [0.25, 0.3) is 0 Å². The molecule has 5 heteroatoms. The number of nitrogens with one attached hydrogen (secondary N) is 1. The summed E-state index contributed by atoms with van der Waals surface area (Å²) in [6, 6.07) is 5.58. The summed E-state index contributed by atoms with van der Waals surface area (Å²) in [4.78, 5) is 11.9. The smallest absolute Gasteiger partial charge is 0.240 e. The van der Waals surface area contributed by atoms with Crippen LogP contribution in [0.1, 0.15) is 102 Å². The molecule has 0 saturated carbocycles. The molecule has 0 saturated heterocycles. The minimum Gasteiger partial charge on any atom is -0.454 e. The predicted molar refractivity (Wildman–Crippen MR) is 119 cm³/mol. The fourth-order valence-electron chi connectivity index (χ4n) is 3.53. The van der Waals surface area contributed by atoms with Gasteiger partial charge in [-0.15, -0.1) is 0 Å². The van der Waals surface area contributed by atoms with E-state index < -0.39 is 0 Å². The van der Waals surface area contributed by atoms with Crippen LogP contribution >= 0.6 is 0 Å². The number of rotatable bonds is 16. The first-order valence-electron chi connectivity index (χ1n) is 11.5. The number of fused-ring (bicyclic) bond motifs is 1. The number of hydrogen-bond acceptors (Lipinski definition) is 4. The highest BCUT2D eigenvalue weighted by Crippen LogP contribution is 2.31. The van der Waals surface area contributed by atoms with Crippen molar-refractivity contribution in [1.82, 2.24) is 5.43 Å². The van der Waals surface area contributed by atoms with Crippen LogP contribution in [-0.2, 0) is 4.79 Å². The Morgan fingerprint density at radius 1 is 0.897 bits per heavy atom. The molecule has 0 fully saturated rings. The molecule has 1 aliphatic rings. The monoisotopic (exact) mass is 402 g/mol. The second-order valence-corrected chi connectivity index (χ2v) is 7.90. The van der Waals surface area contributed by atoms with E-state index in [4.69, 9.17) is 9.47 Å². The summed E-state index contributed by atoms with van der Waals surface area (Å²) in [6.45, 7) is 2.52. The molecule has 162 valence electrons. The molecule has 29 heavy (non-hydrogen) atoms. The first kappa shape index (κ1) is 23.2. The molecule has 0 bridgehead atoms. The van der Waals surface area contributed by atoms with Crippen molar-refractivity contribution < 1.29 is 14.3 Å². The first-order valence-corrected chi connectivity index (χ1v) is 11.5. The van der Waals surface area contributed by atoms with Crippen molar-refractivity contribution in [2.75, 3.05) is 6.79 Å². The fourth-order valence-corrected chi connectivity index (χ4v) is 3.53. The van der Waals surface area contributed by atoms with Gasteiger partial charge in [-0.3, -0.25) is 4.79 Å². The standard InChI is InChI=1S/C24H38N2O3/c1-2-3-4-5-6-7-8-9-10-11-12-13-14-15-24(27)26-25-19-21-16-17-22-23(18-21)29-20-28-22/h16-19H,2-15,20H2,1H3,(H,26,27)/b25-19-. The Morgan fingerprint density at radius 3 is 2.14 bits per heavy atom. The van der Waals surface area contributed by atoms with Gasteiger partial charge >= 0.3 is 0 Å². The molecule has 1 aliphatic heterocycles. The predicted octanol–water partition coefficient (Wildman–Crippen LogP) is 6.35. The summed E-state index contributed by atoms with van der Waals surface area (Å²) in [7, 11) is 0. The summed E-state index contributed by atoms with van der Waals surface area (Å²) in [5.74, 6) is 1.44. The van der Waals surface area contributed by atoms with E-state index in [1.165, 1.54) is 70.6 Å². The number of ether oxygens (including phenoxy) is 2. The third-order valence-corrected chi connectivity index (χ3v) is 5.31. The molecule has 1 amide bonds. The maximum absolute atomic E-state index is 11.9. The van der Waals surface area contributed by atoms with Gasteiger partial charge in [0.2, 0.25) is 12.7 Å². The van der Waals surface area contributed by atoms with Gasteiger partial charge in [0.05, 0.1) is 6.21 Å². The number of carbonyl (C=O) groups excluding carboxylic acids is 1. The highest BCUT2D eigenvalue weighted by atomic mass is 16.7. The molecule has 1 aromatic carbocycles. The van der Waals surface area contributed by atoms with Crippen molar-refractivity contribution in [2.45, 2.75) is 96.8 Å². The van der Waals surface area contributed by atoms with Gasteiger partial charge in [-0.2, -0.15) is 5.10 Å². The fraction of sp³-hybridized carbons (Fsp3) is 0.667. The highest BCUT2D eigenvalue weighted by Gasteiger charge is 2.12. The van der Waals surface area contributed by atoms with E-state index in [-0.39, 0.29) is 12.7 Å². The molecule has 0 radical (unpaired) electrons. The van der Waals surface area contributed by atoms with Crippen molar-refractivity contribution in [1.29, 1.82) is 0 Å². The molecule has 1 N–H and O–H groups in total. The van der Waals surface area contributed by atoms with Crippen molar-refractivity contribution >= 4 is 12.1 Å². The highest BCUT2D eigenvalue weighted by molar-refractivity contribution is 5.83. The first-order chi connectivity index (χ1) is 14.3. The molecule has 0 aromatic heterocycles. The van der Waals surface area contributed by atoms with Crippen molar-refractivity contribution in [2.24, 2.45) is 5.10 Å². The Labute approximate surface area is 176 Å². The Kier molecular flexibility index (Phi) is 11.9. The molecule has 0 spiro atoms. The van der Waals surface area contributed by atoms with Crippen LogP contribution in [0.2, 0.25) is 0 Å². The lowest BCUT2D eigenvalue weighted by Crippen LogP contribution is -2.16. The van der Waals surface area contributed by atoms with Crippen LogP contribution in [0.3, 0.4) is 0 Å². The summed E-state index contributed by atoms with van der Waals surface area (Å²) in [6.07, 6.45) is 19.2. The third-order valence-electron chi connectivity index (χ3n) is 5.31. The SMILES string of the molecule is CCCCCCCCCCCCCCCC(=O)N/N=C\c1ccc2c(c1)OCO2. The summed E-state index contributed by atoms with van der Waals surface area (Å²) >= 11 is 0. The quantitative estimate of drug-likeness (QED) is 0.199.